The second-order valence-electron chi connectivity index (χ2n) is 5.11. The number of hydrogen-bond donors (Lipinski definition) is 1. The Morgan fingerprint density at radius 2 is 1.90 bits per heavy atom. The van der Waals surface area contributed by atoms with E-state index in [4.69, 9.17) is 0 Å². The molecule has 1 N–H and O–H groups in total. The fourth-order valence-corrected chi connectivity index (χ4v) is 2.30. The van der Waals surface area contributed by atoms with Crippen molar-refractivity contribution in [1.82, 2.24) is 15.1 Å². The molecule has 0 amide bonds. The van der Waals surface area contributed by atoms with Crippen LogP contribution in [0.2, 0.25) is 0 Å². The smallest absolute Gasteiger partial charge is 0.123 e. The Hall–Kier alpha value is -1.68. The molecule has 0 saturated carbocycles. The topological polar surface area (TPSA) is 29.9 Å². The van der Waals surface area contributed by atoms with E-state index < -0.39 is 0 Å². The van der Waals surface area contributed by atoms with E-state index in [2.05, 4.69) is 24.3 Å². The van der Waals surface area contributed by atoms with Crippen LogP contribution in [0.25, 0.3) is 0 Å². The van der Waals surface area contributed by atoms with Gasteiger partial charge in [0.1, 0.15) is 5.82 Å². The molecule has 1 aromatic heterocycles. The van der Waals surface area contributed by atoms with Crippen LogP contribution < -0.4 is 5.32 Å². The van der Waals surface area contributed by atoms with Crippen LogP contribution in [0.3, 0.4) is 0 Å². The number of rotatable bonds is 6. The highest BCUT2D eigenvalue weighted by Gasteiger charge is 2.11. The molecule has 4 heteroatoms. The van der Waals surface area contributed by atoms with E-state index in [1.807, 2.05) is 11.6 Å². The molecule has 0 saturated heterocycles. The third-order valence-electron chi connectivity index (χ3n) is 3.51. The maximum Gasteiger partial charge on any atom is 0.123 e. The molecule has 0 aliphatic rings. The highest BCUT2D eigenvalue weighted by Crippen LogP contribution is 2.15. The molecular formula is C16H22FN3. The molecular weight excluding hydrogens is 253 g/mol. The molecule has 0 aliphatic heterocycles. The molecule has 0 fully saturated rings. The van der Waals surface area contributed by atoms with Crippen LogP contribution in [0.4, 0.5) is 4.39 Å². The maximum atomic E-state index is 12.9. The predicted octanol–water partition coefficient (Wildman–Crippen LogP) is 3.19. The lowest BCUT2D eigenvalue weighted by Crippen LogP contribution is -2.15. The number of nitrogens with zero attached hydrogens (tertiary/aromatic N) is 2. The Labute approximate surface area is 119 Å². The number of hydrogen-bond acceptors (Lipinski definition) is 2. The van der Waals surface area contributed by atoms with Crippen LogP contribution in [-0.4, -0.2) is 16.3 Å². The van der Waals surface area contributed by atoms with Crippen molar-refractivity contribution in [2.75, 3.05) is 6.54 Å². The SMILES string of the molecule is CCCNCc1c(C)nn(Cc2ccc(F)cc2)c1C. The minimum absolute atomic E-state index is 0.202. The van der Waals surface area contributed by atoms with Gasteiger partial charge < -0.3 is 5.32 Å². The van der Waals surface area contributed by atoms with E-state index in [0.29, 0.717) is 6.54 Å². The number of halogens is 1. The Balaban J connectivity index is 2.12. The Kier molecular flexibility index (Phi) is 4.90. The summed E-state index contributed by atoms with van der Waals surface area (Å²) in [6.45, 7) is 8.84. The first kappa shape index (κ1) is 14.7. The molecule has 0 aliphatic carbocycles. The number of benzene rings is 1. The van der Waals surface area contributed by atoms with Gasteiger partial charge in [-0.2, -0.15) is 5.10 Å². The summed E-state index contributed by atoms with van der Waals surface area (Å²) in [7, 11) is 0. The summed E-state index contributed by atoms with van der Waals surface area (Å²) in [4.78, 5) is 0. The lowest BCUT2D eigenvalue weighted by Gasteiger charge is -2.06. The van der Waals surface area contributed by atoms with Crippen LogP contribution >= 0.6 is 0 Å². The van der Waals surface area contributed by atoms with Gasteiger partial charge in [-0.3, -0.25) is 4.68 Å². The zero-order valence-electron chi connectivity index (χ0n) is 12.4. The molecule has 0 radical (unpaired) electrons. The highest BCUT2D eigenvalue weighted by molar-refractivity contribution is 5.26. The molecule has 0 spiro atoms. The molecule has 2 rings (SSSR count). The van der Waals surface area contributed by atoms with Crippen LogP contribution in [0, 0.1) is 19.7 Å². The molecule has 0 unspecified atom stereocenters. The van der Waals surface area contributed by atoms with E-state index in [9.17, 15) is 4.39 Å². The first-order valence-electron chi connectivity index (χ1n) is 7.10. The summed E-state index contributed by atoms with van der Waals surface area (Å²) in [6, 6.07) is 6.59. The second-order valence-corrected chi connectivity index (χ2v) is 5.11. The summed E-state index contributed by atoms with van der Waals surface area (Å²) in [5.74, 6) is -0.202. The fourth-order valence-electron chi connectivity index (χ4n) is 2.30. The van der Waals surface area contributed by atoms with Crippen molar-refractivity contribution in [1.29, 1.82) is 0 Å². The van der Waals surface area contributed by atoms with Gasteiger partial charge in [-0.25, -0.2) is 4.39 Å². The van der Waals surface area contributed by atoms with E-state index >= 15 is 0 Å². The Bertz CT molecular complexity index is 558. The zero-order chi connectivity index (χ0) is 14.5. The minimum Gasteiger partial charge on any atom is -0.313 e. The quantitative estimate of drug-likeness (QED) is 0.821. The normalized spacial score (nSPS) is 11.0. The van der Waals surface area contributed by atoms with Crippen molar-refractivity contribution >= 4 is 0 Å². The molecule has 108 valence electrons. The largest absolute Gasteiger partial charge is 0.313 e. The van der Waals surface area contributed by atoms with Crippen LogP contribution in [0.5, 0.6) is 0 Å². The van der Waals surface area contributed by atoms with Crippen molar-refractivity contribution < 1.29 is 4.39 Å². The van der Waals surface area contributed by atoms with Gasteiger partial charge in [-0.15, -0.1) is 0 Å². The van der Waals surface area contributed by atoms with E-state index in [1.165, 1.54) is 23.4 Å². The van der Waals surface area contributed by atoms with Gasteiger partial charge >= 0.3 is 0 Å². The van der Waals surface area contributed by atoms with Crippen molar-refractivity contribution in [3.63, 3.8) is 0 Å². The first-order valence-corrected chi connectivity index (χ1v) is 7.10. The predicted molar refractivity (Wildman–Crippen MR) is 79.2 cm³/mol. The highest BCUT2D eigenvalue weighted by atomic mass is 19.1. The molecule has 0 atom stereocenters. The van der Waals surface area contributed by atoms with Gasteiger partial charge in [-0.05, 0) is 44.5 Å². The molecule has 3 nitrogen and oxygen atoms in total. The monoisotopic (exact) mass is 275 g/mol. The first-order chi connectivity index (χ1) is 9.61. The van der Waals surface area contributed by atoms with Gasteiger partial charge in [0.15, 0.2) is 0 Å². The lowest BCUT2D eigenvalue weighted by atomic mass is 10.2. The molecule has 20 heavy (non-hydrogen) atoms. The molecule has 1 aromatic carbocycles. The van der Waals surface area contributed by atoms with Crippen LogP contribution in [0.15, 0.2) is 24.3 Å². The number of aryl methyl sites for hydroxylation is 1. The van der Waals surface area contributed by atoms with E-state index in [1.54, 1.807) is 12.1 Å². The zero-order valence-corrected chi connectivity index (χ0v) is 12.4. The van der Waals surface area contributed by atoms with Gasteiger partial charge in [0, 0.05) is 17.8 Å². The molecule has 1 heterocycles. The summed E-state index contributed by atoms with van der Waals surface area (Å²) >= 11 is 0. The third kappa shape index (κ3) is 3.45. The van der Waals surface area contributed by atoms with Crippen molar-refractivity contribution in [2.45, 2.75) is 40.3 Å². The van der Waals surface area contributed by atoms with Gasteiger partial charge in [0.05, 0.1) is 12.2 Å². The second kappa shape index (κ2) is 6.66. The van der Waals surface area contributed by atoms with Gasteiger partial charge in [0.2, 0.25) is 0 Å². The number of aromatic nitrogens is 2. The van der Waals surface area contributed by atoms with Crippen LogP contribution in [0.1, 0.15) is 35.9 Å². The van der Waals surface area contributed by atoms with Crippen molar-refractivity contribution in [2.24, 2.45) is 0 Å². The number of nitrogens with one attached hydrogen (secondary N) is 1. The van der Waals surface area contributed by atoms with E-state index in [0.717, 1.165) is 30.8 Å². The average Bonchev–Trinajstić information content (AvgIpc) is 2.69. The van der Waals surface area contributed by atoms with Gasteiger partial charge in [0.25, 0.3) is 0 Å². The van der Waals surface area contributed by atoms with Crippen molar-refractivity contribution in [3.05, 3.63) is 52.6 Å². The summed E-state index contributed by atoms with van der Waals surface area (Å²) < 4.78 is 14.9. The Morgan fingerprint density at radius 1 is 1.20 bits per heavy atom. The van der Waals surface area contributed by atoms with Gasteiger partial charge in [-0.1, -0.05) is 19.1 Å². The minimum atomic E-state index is -0.202. The third-order valence-corrected chi connectivity index (χ3v) is 3.51. The standard InChI is InChI=1S/C16H22FN3/c1-4-9-18-10-16-12(2)19-20(13(16)3)11-14-5-7-15(17)8-6-14/h5-8,18H,4,9-11H2,1-3H3. The Morgan fingerprint density at radius 3 is 2.55 bits per heavy atom. The summed E-state index contributed by atoms with van der Waals surface area (Å²) in [5, 5.41) is 8.00. The molecule has 0 bridgehead atoms. The lowest BCUT2D eigenvalue weighted by molar-refractivity contribution is 0.622. The maximum absolute atomic E-state index is 12.9. The van der Waals surface area contributed by atoms with E-state index in [-0.39, 0.29) is 5.82 Å². The van der Waals surface area contributed by atoms with Crippen LogP contribution in [-0.2, 0) is 13.1 Å². The summed E-state index contributed by atoms with van der Waals surface area (Å²) in [5.41, 5.74) is 4.56. The molecule has 2 aromatic rings. The van der Waals surface area contributed by atoms with Crippen molar-refractivity contribution in [3.8, 4) is 0 Å². The summed E-state index contributed by atoms with van der Waals surface area (Å²) in [6.07, 6.45) is 1.13. The average molecular weight is 275 g/mol. The fraction of sp³-hybridized carbons (Fsp3) is 0.438.